The van der Waals surface area contributed by atoms with Gasteiger partial charge in [-0.25, -0.2) is 9.97 Å². The van der Waals surface area contributed by atoms with Crippen LogP contribution < -0.4 is 14.8 Å². The number of hydrogen-bond acceptors (Lipinski definition) is 7. The molecule has 1 N–H and O–H groups in total. The summed E-state index contributed by atoms with van der Waals surface area (Å²) in [5.41, 5.74) is -0.0458. The maximum absolute atomic E-state index is 13.2. The van der Waals surface area contributed by atoms with Crippen LogP contribution in [0.5, 0.6) is 11.5 Å². The average molecular weight is 458 g/mol. The van der Waals surface area contributed by atoms with E-state index < -0.39 is 28.9 Å². The van der Waals surface area contributed by atoms with E-state index in [9.17, 15) is 26.7 Å². The number of fused-ring (bicyclic) bond motifs is 1. The number of carbonyl (C=O) groups is 1. The lowest BCUT2D eigenvalue weighted by Crippen LogP contribution is -2.25. The van der Waals surface area contributed by atoms with Crippen molar-refractivity contribution in [3.8, 4) is 22.8 Å². The summed E-state index contributed by atoms with van der Waals surface area (Å²) < 4.78 is 74.4. The number of aryl methyl sites for hydroxylation is 2. The molecule has 0 saturated heterocycles. The van der Waals surface area contributed by atoms with Crippen LogP contribution in [0.4, 0.5) is 27.8 Å². The zero-order chi connectivity index (χ0) is 22.6. The third-order valence-electron chi connectivity index (χ3n) is 4.13. The van der Waals surface area contributed by atoms with Crippen LogP contribution in [-0.4, -0.2) is 27.2 Å². The van der Waals surface area contributed by atoms with Gasteiger partial charge in [0.05, 0.1) is 23.1 Å². The first-order valence-electron chi connectivity index (χ1n) is 8.52. The number of aromatic nitrogens is 3. The molecule has 1 aliphatic heterocycles. The van der Waals surface area contributed by atoms with Gasteiger partial charge in [-0.1, -0.05) is 0 Å². The number of thiazole rings is 1. The molecule has 1 amide bonds. The molecule has 7 nitrogen and oxygen atoms in total. The molecule has 3 heterocycles. The minimum atomic E-state index is -4.78. The number of amides is 1. The van der Waals surface area contributed by atoms with E-state index in [1.807, 2.05) is 0 Å². The van der Waals surface area contributed by atoms with E-state index in [-0.39, 0.29) is 28.0 Å². The van der Waals surface area contributed by atoms with Crippen LogP contribution in [0, 0.1) is 13.8 Å². The predicted molar refractivity (Wildman–Crippen MR) is 98.2 cm³/mol. The first kappa shape index (κ1) is 20.9. The second kappa shape index (κ2) is 7.11. The molecule has 0 unspecified atom stereocenters. The first-order chi connectivity index (χ1) is 14.4. The number of nitrogens with zero attached hydrogens (tertiary/aromatic N) is 3. The van der Waals surface area contributed by atoms with Crippen molar-refractivity contribution in [2.24, 2.45) is 0 Å². The van der Waals surface area contributed by atoms with E-state index in [4.69, 9.17) is 0 Å². The SMILES string of the molecule is Cc1nc(C(F)(F)F)c(C(=O)Nc2cnc(-c3cc4c(cc3C)OC(F)(F)O4)cn2)s1. The number of carbonyl (C=O) groups excluding carboxylic acids is 1. The van der Waals surface area contributed by atoms with Crippen molar-refractivity contribution in [1.82, 2.24) is 15.0 Å². The third kappa shape index (κ3) is 4.13. The topological polar surface area (TPSA) is 86.2 Å². The van der Waals surface area contributed by atoms with Crippen molar-refractivity contribution in [2.75, 3.05) is 5.32 Å². The largest absolute Gasteiger partial charge is 0.586 e. The van der Waals surface area contributed by atoms with Gasteiger partial charge in [-0.15, -0.1) is 20.1 Å². The van der Waals surface area contributed by atoms with Gasteiger partial charge in [-0.05, 0) is 31.5 Å². The summed E-state index contributed by atoms with van der Waals surface area (Å²) in [6.07, 6.45) is -6.17. The summed E-state index contributed by atoms with van der Waals surface area (Å²) >= 11 is 0.603. The van der Waals surface area contributed by atoms with E-state index >= 15 is 0 Å². The van der Waals surface area contributed by atoms with Gasteiger partial charge in [0.1, 0.15) is 4.88 Å². The minimum Gasteiger partial charge on any atom is -0.395 e. The van der Waals surface area contributed by atoms with Gasteiger partial charge < -0.3 is 14.8 Å². The second-order valence-corrected chi connectivity index (χ2v) is 7.63. The molecule has 4 rings (SSSR count). The smallest absolute Gasteiger partial charge is 0.395 e. The van der Waals surface area contributed by atoms with Gasteiger partial charge in [0.2, 0.25) is 0 Å². The van der Waals surface area contributed by atoms with Gasteiger partial charge in [0.25, 0.3) is 5.91 Å². The van der Waals surface area contributed by atoms with Crippen molar-refractivity contribution < 1.29 is 36.2 Å². The summed E-state index contributed by atoms with van der Waals surface area (Å²) in [4.78, 5) is 23.1. The second-order valence-electron chi connectivity index (χ2n) is 6.43. The molecule has 3 aromatic rings. The number of hydrogen-bond donors (Lipinski definition) is 1. The van der Waals surface area contributed by atoms with Crippen LogP contribution in [0.1, 0.15) is 25.9 Å². The Kier molecular flexibility index (Phi) is 4.80. The van der Waals surface area contributed by atoms with E-state index in [2.05, 4.69) is 29.7 Å². The normalized spacial score (nSPS) is 14.5. The van der Waals surface area contributed by atoms with Gasteiger partial charge in [0.15, 0.2) is 23.0 Å². The Balaban J connectivity index is 1.56. The number of benzene rings is 1. The molecule has 0 radical (unpaired) electrons. The Labute approximate surface area is 174 Å². The van der Waals surface area contributed by atoms with E-state index in [0.29, 0.717) is 22.5 Å². The van der Waals surface area contributed by atoms with Crippen molar-refractivity contribution in [3.05, 3.63) is 45.7 Å². The molecule has 0 fully saturated rings. The van der Waals surface area contributed by atoms with Crippen LogP contribution in [0.2, 0.25) is 0 Å². The van der Waals surface area contributed by atoms with Crippen molar-refractivity contribution >= 4 is 23.1 Å². The summed E-state index contributed by atoms with van der Waals surface area (Å²) in [6, 6.07) is 2.66. The van der Waals surface area contributed by atoms with Gasteiger partial charge in [-0.3, -0.25) is 9.78 Å². The number of rotatable bonds is 3. The summed E-state index contributed by atoms with van der Waals surface area (Å²) in [5.74, 6) is -1.42. The van der Waals surface area contributed by atoms with Crippen LogP contribution in [0.15, 0.2) is 24.5 Å². The highest BCUT2D eigenvalue weighted by Gasteiger charge is 2.44. The third-order valence-corrected chi connectivity index (χ3v) is 5.10. The predicted octanol–water partition coefficient (Wildman–Crippen LogP) is 4.81. The fourth-order valence-electron chi connectivity index (χ4n) is 2.85. The molecular formula is C18H11F5N4O3S. The summed E-state index contributed by atoms with van der Waals surface area (Å²) in [5, 5.41) is 2.33. The Morgan fingerprint density at radius 3 is 2.39 bits per heavy atom. The number of alkyl halides is 5. The molecule has 31 heavy (non-hydrogen) atoms. The highest BCUT2D eigenvalue weighted by Crippen LogP contribution is 2.44. The van der Waals surface area contributed by atoms with Crippen molar-refractivity contribution in [1.29, 1.82) is 0 Å². The van der Waals surface area contributed by atoms with E-state index in [0.717, 1.165) is 6.20 Å². The fourth-order valence-corrected chi connectivity index (χ4v) is 3.69. The molecule has 1 aromatic carbocycles. The average Bonchev–Trinajstić information content (AvgIpc) is 3.20. The molecule has 0 spiro atoms. The van der Waals surface area contributed by atoms with Crippen LogP contribution in [0.3, 0.4) is 0 Å². The lowest BCUT2D eigenvalue weighted by molar-refractivity contribution is -0.286. The number of nitrogens with one attached hydrogen (secondary N) is 1. The van der Waals surface area contributed by atoms with Crippen LogP contribution in [-0.2, 0) is 6.18 Å². The molecule has 1 aliphatic rings. The summed E-state index contributed by atoms with van der Waals surface area (Å²) in [6.45, 7) is 2.99. The zero-order valence-corrected chi connectivity index (χ0v) is 16.5. The molecule has 0 bridgehead atoms. The lowest BCUT2D eigenvalue weighted by atomic mass is 10.1. The van der Waals surface area contributed by atoms with Crippen LogP contribution >= 0.6 is 11.3 Å². The van der Waals surface area contributed by atoms with E-state index in [1.54, 1.807) is 6.92 Å². The Hall–Kier alpha value is -3.35. The fraction of sp³-hybridized carbons (Fsp3) is 0.222. The van der Waals surface area contributed by atoms with Gasteiger partial charge >= 0.3 is 12.5 Å². The maximum atomic E-state index is 13.2. The summed E-state index contributed by atoms with van der Waals surface area (Å²) in [7, 11) is 0. The molecule has 0 aliphatic carbocycles. The molecular weight excluding hydrogens is 447 g/mol. The van der Waals surface area contributed by atoms with Crippen LogP contribution in [0.25, 0.3) is 11.3 Å². The molecule has 162 valence electrons. The molecule has 2 aromatic heterocycles. The number of halogens is 5. The number of anilines is 1. The monoisotopic (exact) mass is 458 g/mol. The van der Waals surface area contributed by atoms with Crippen molar-refractivity contribution in [2.45, 2.75) is 26.3 Å². The van der Waals surface area contributed by atoms with Gasteiger partial charge in [0, 0.05) is 5.56 Å². The molecule has 0 atom stereocenters. The first-order valence-corrected chi connectivity index (χ1v) is 9.33. The minimum absolute atomic E-state index is 0.0859. The van der Waals surface area contributed by atoms with E-state index in [1.165, 1.54) is 25.3 Å². The zero-order valence-electron chi connectivity index (χ0n) is 15.7. The quantitative estimate of drug-likeness (QED) is 0.567. The molecule has 13 heteroatoms. The van der Waals surface area contributed by atoms with Gasteiger partial charge in [-0.2, -0.15) is 13.2 Å². The molecule has 0 saturated carbocycles. The maximum Gasteiger partial charge on any atom is 0.586 e. The highest BCUT2D eigenvalue weighted by atomic mass is 32.1. The number of ether oxygens (including phenoxy) is 2. The van der Waals surface area contributed by atoms with Crippen molar-refractivity contribution in [3.63, 3.8) is 0 Å². The standard InChI is InChI=1S/C18H11F5N4O3S/c1-7-3-11-12(30-18(22,23)29-11)4-9(7)10-5-25-13(6-24-10)27-16(28)14-15(17(19,20)21)26-8(2)31-14/h3-6H,1-2H3,(H,25,27,28). The highest BCUT2D eigenvalue weighted by molar-refractivity contribution is 7.13. The lowest BCUT2D eigenvalue weighted by Gasteiger charge is -2.09. The Morgan fingerprint density at radius 2 is 1.77 bits per heavy atom. The Bertz CT molecular complexity index is 1180. The Morgan fingerprint density at radius 1 is 1.10 bits per heavy atom.